The van der Waals surface area contributed by atoms with Crippen molar-refractivity contribution in [2.24, 2.45) is 0 Å². The van der Waals surface area contributed by atoms with E-state index in [4.69, 9.17) is 4.74 Å². The van der Waals surface area contributed by atoms with Gasteiger partial charge < -0.3 is 4.74 Å². The molecule has 0 aliphatic carbocycles. The van der Waals surface area contributed by atoms with E-state index in [1.54, 1.807) is 24.5 Å². The third-order valence-electron chi connectivity index (χ3n) is 1.85. The van der Waals surface area contributed by atoms with Crippen LogP contribution in [0.25, 0.3) is 0 Å². The van der Waals surface area contributed by atoms with E-state index in [0.717, 1.165) is 5.56 Å². The maximum absolute atomic E-state index is 12.7. The summed E-state index contributed by atoms with van der Waals surface area (Å²) in [6, 6.07) is 3.48. The number of rotatable bonds is 5. The number of hydrogen-bond acceptors (Lipinski definition) is 2. The molecule has 1 aromatic heterocycles. The van der Waals surface area contributed by atoms with Crippen LogP contribution in [0.5, 0.6) is 0 Å². The van der Waals surface area contributed by atoms with Gasteiger partial charge in [-0.15, -0.1) is 0 Å². The van der Waals surface area contributed by atoms with Crippen molar-refractivity contribution in [3.8, 4) is 0 Å². The lowest BCUT2D eigenvalue weighted by atomic mass is 10.3. The molecule has 2 nitrogen and oxygen atoms in total. The highest BCUT2D eigenvalue weighted by molar-refractivity contribution is 5.07. The van der Waals surface area contributed by atoms with E-state index in [1.165, 1.54) is 6.92 Å². The van der Waals surface area contributed by atoms with Gasteiger partial charge >= 0.3 is 0 Å². The number of pyridine rings is 1. The lowest BCUT2D eigenvalue weighted by Crippen LogP contribution is -2.22. The molecule has 0 atom stereocenters. The lowest BCUT2D eigenvalue weighted by Gasteiger charge is -2.13. The van der Waals surface area contributed by atoms with Gasteiger partial charge in [-0.1, -0.05) is 6.92 Å². The number of nitrogens with zero attached hydrogens (tertiary/aromatic N) is 1. The Hall–Kier alpha value is -1.03. The molecule has 78 valence electrons. The number of aromatic nitrogens is 1. The molecule has 4 heteroatoms. The van der Waals surface area contributed by atoms with Gasteiger partial charge in [0.15, 0.2) is 0 Å². The van der Waals surface area contributed by atoms with Crippen LogP contribution in [0.1, 0.15) is 18.9 Å². The summed E-state index contributed by atoms with van der Waals surface area (Å²) in [4.78, 5) is 3.81. The Morgan fingerprint density at radius 3 is 2.57 bits per heavy atom. The first kappa shape index (κ1) is 11.0. The molecule has 0 aliphatic heterocycles. The van der Waals surface area contributed by atoms with E-state index in [9.17, 15) is 8.78 Å². The van der Waals surface area contributed by atoms with Crippen molar-refractivity contribution < 1.29 is 13.5 Å². The summed E-state index contributed by atoms with van der Waals surface area (Å²) in [5, 5.41) is 0. The number of hydrogen-bond donors (Lipinski definition) is 0. The molecule has 0 N–H and O–H groups in total. The Morgan fingerprint density at radius 1 is 1.36 bits per heavy atom. The lowest BCUT2D eigenvalue weighted by molar-refractivity contribution is -0.0834. The normalized spacial score (nSPS) is 11.6. The van der Waals surface area contributed by atoms with Crippen LogP contribution in [0, 0.1) is 0 Å². The third-order valence-corrected chi connectivity index (χ3v) is 1.85. The highest BCUT2D eigenvalue weighted by Gasteiger charge is 2.25. The molecule has 0 radical (unpaired) electrons. The van der Waals surface area contributed by atoms with E-state index >= 15 is 0 Å². The van der Waals surface area contributed by atoms with Crippen LogP contribution < -0.4 is 0 Å². The molecule has 0 saturated carbocycles. The minimum absolute atomic E-state index is 0.191. The Labute approximate surface area is 81.9 Å². The zero-order chi connectivity index (χ0) is 10.4. The molecule has 1 rings (SSSR count). The van der Waals surface area contributed by atoms with Crippen LogP contribution >= 0.6 is 0 Å². The minimum Gasteiger partial charge on any atom is -0.371 e. The molecule has 1 aromatic rings. The largest absolute Gasteiger partial charge is 0.371 e. The standard InChI is InChI=1S/C10H13F2NO/c1-2-10(11,12)8-14-7-9-3-5-13-6-4-9/h3-6H,2,7-8H2,1H3. The number of halogens is 2. The molecule has 0 bridgehead atoms. The average Bonchev–Trinajstić information content (AvgIpc) is 2.19. The Kier molecular flexibility index (Phi) is 3.95. The van der Waals surface area contributed by atoms with E-state index in [0.29, 0.717) is 0 Å². The average molecular weight is 201 g/mol. The highest BCUT2D eigenvalue weighted by atomic mass is 19.3. The molecule has 0 spiro atoms. The second-order valence-corrected chi connectivity index (χ2v) is 3.06. The topological polar surface area (TPSA) is 22.1 Å². The molecule has 1 heterocycles. The van der Waals surface area contributed by atoms with Gasteiger partial charge in [0.25, 0.3) is 5.92 Å². The smallest absolute Gasteiger partial charge is 0.270 e. The van der Waals surface area contributed by atoms with Gasteiger partial charge in [-0.05, 0) is 17.7 Å². The maximum atomic E-state index is 12.7. The van der Waals surface area contributed by atoms with Gasteiger partial charge in [0.2, 0.25) is 0 Å². The van der Waals surface area contributed by atoms with Gasteiger partial charge in [0, 0.05) is 18.8 Å². The zero-order valence-corrected chi connectivity index (χ0v) is 8.04. The first-order valence-corrected chi connectivity index (χ1v) is 4.48. The van der Waals surface area contributed by atoms with Gasteiger partial charge in [-0.2, -0.15) is 0 Å². The summed E-state index contributed by atoms with van der Waals surface area (Å²) in [7, 11) is 0. The van der Waals surface area contributed by atoms with Crippen molar-refractivity contribution in [1.82, 2.24) is 4.98 Å². The fraction of sp³-hybridized carbons (Fsp3) is 0.500. The Balaban J connectivity index is 2.29. The molecule has 0 saturated heterocycles. The van der Waals surface area contributed by atoms with Crippen molar-refractivity contribution in [2.45, 2.75) is 25.9 Å². The first-order valence-electron chi connectivity index (χ1n) is 4.48. The highest BCUT2D eigenvalue weighted by Crippen LogP contribution is 2.18. The van der Waals surface area contributed by atoms with Crippen molar-refractivity contribution in [1.29, 1.82) is 0 Å². The predicted molar refractivity (Wildman–Crippen MR) is 49.1 cm³/mol. The maximum Gasteiger partial charge on any atom is 0.270 e. The summed E-state index contributed by atoms with van der Waals surface area (Å²) in [5.41, 5.74) is 0.854. The number of ether oxygens (including phenoxy) is 1. The fourth-order valence-corrected chi connectivity index (χ4v) is 0.899. The molecule has 0 fully saturated rings. The summed E-state index contributed by atoms with van der Waals surface area (Å²) in [6.45, 7) is 1.12. The van der Waals surface area contributed by atoms with E-state index in [1.807, 2.05) is 0 Å². The second-order valence-electron chi connectivity index (χ2n) is 3.06. The SMILES string of the molecule is CCC(F)(F)COCc1ccncc1. The van der Waals surface area contributed by atoms with Gasteiger partial charge in [-0.3, -0.25) is 4.98 Å². The van der Waals surface area contributed by atoms with Crippen LogP contribution in [-0.2, 0) is 11.3 Å². The zero-order valence-electron chi connectivity index (χ0n) is 8.04. The third kappa shape index (κ3) is 3.79. The first-order chi connectivity index (χ1) is 6.64. The Morgan fingerprint density at radius 2 is 2.00 bits per heavy atom. The van der Waals surface area contributed by atoms with Gasteiger partial charge in [0.05, 0.1) is 6.61 Å². The molecule has 0 aliphatic rings. The Bertz CT molecular complexity index is 264. The summed E-state index contributed by atoms with van der Waals surface area (Å²) >= 11 is 0. The molecule has 0 aromatic carbocycles. The fourth-order valence-electron chi connectivity index (χ4n) is 0.899. The van der Waals surface area contributed by atoms with Crippen molar-refractivity contribution in [3.63, 3.8) is 0 Å². The quantitative estimate of drug-likeness (QED) is 0.730. The van der Waals surface area contributed by atoms with Crippen molar-refractivity contribution in [3.05, 3.63) is 30.1 Å². The van der Waals surface area contributed by atoms with E-state index < -0.39 is 12.5 Å². The minimum atomic E-state index is -2.72. The molecular weight excluding hydrogens is 188 g/mol. The van der Waals surface area contributed by atoms with Crippen LogP contribution in [0.15, 0.2) is 24.5 Å². The monoisotopic (exact) mass is 201 g/mol. The van der Waals surface area contributed by atoms with Gasteiger partial charge in [0.1, 0.15) is 6.61 Å². The molecule has 0 unspecified atom stereocenters. The van der Waals surface area contributed by atoms with Crippen LogP contribution in [0.2, 0.25) is 0 Å². The van der Waals surface area contributed by atoms with Crippen molar-refractivity contribution in [2.75, 3.05) is 6.61 Å². The number of alkyl halides is 2. The van der Waals surface area contributed by atoms with Crippen LogP contribution in [0.3, 0.4) is 0 Å². The second kappa shape index (κ2) is 5.00. The van der Waals surface area contributed by atoms with Crippen LogP contribution in [0.4, 0.5) is 8.78 Å². The van der Waals surface area contributed by atoms with E-state index in [-0.39, 0.29) is 13.0 Å². The van der Waals surface area contributed by atoms with Gasteiger partial charge in [-0.25, -0.2) is 8.78 Å². The van der Waals surface area contributed by atoms with Crippen LogP contribution in [-0.4, -0.2) is 17.5 Å². The summed E-state index contributed by atoms with van der Waals surface area (Å²) < 4.78 is 30.3. The summed E-state index contributed by atoms with van der Waals surface area (Å²) in [6.07, 6.45) is 3.02. The van der Waals surface area contributed by atoms with E-state index in [2.05, 4.69) is 4.98 Å². The predicted octanol–water partition coefficient (Wildman–Crippen LogP) is 2.64. The molecular formula is C10H13F2NO. The summed E-state index contributed by atoms with van der Waals surface area (Å²) in [5.74, 6) is -2.72. The molecule has 0 amide bonds. The van der Waals surface area contributed by atoms with Crippen molar-refractivity contribution >= 4 is 0 Å². The molecule has 14 heavy (non-hydrogen) atoms.